The van der Waals surface area contributed by atoms with Crippen LogP contribution in [0, 0.1) is 0 Å². The van der Waals surface area contributed by atoms with Crippen molar-refractivity contribution in [1.29, 1.82) is 0 Å². The first kappa shape index (κ1) is 17.0. The first-order valence-corrected chi connectivity index (χ1v) is 8.34. The summed E-state index contributed by atoms with van der Waals surface area (Å²) in [5.74, 6) is -0.592. The Hall–Kier alpha value is -2.38. The van der Waals surface area contributed by atoms with Gasteiger partial charge in [-0.15, -0.1) is 0 Å². The molecule has 1 atom stereocenters. The maximum Gasteiger partial charge on any atom is 0.322 e. The van der Waals surface area contributed by atoms with Gasteiger partial charge in [0.2, 0.25) is 10.0 Å². The predicted octanol–water partition coefficient (Wildman–Crippen LogP) is 1.67. The summed E-state index contributed by atoms with van der Waals surface area (Å²) in [4.78, 5) is 11.4. The molecule has 2 N–H and O–H groups in total. The monoisotopic (exact) mass is 335 g/mol. The van der Waals surface area contributed by atoms with Crippen LogP contribution in [0.25, 0.3) is 0 Å². The van der Waals surface area contributed by atoms with Gasteiger partial charge in [0, 0.05) is 0 Å². The third-order valence-electron chi connectivity index (χ3n) is 3.25. The molecule has 2 rings (SSSR count). The lowest BCUT2D eigenvalue weighted by Gasteiger charge is -2.15. The SMILES string of the molecule is COc1ccc(C[C@H](NS(=O)(=O)c2ccccc2)C(=O)O)cc1. The van der Waals surface area contributed by atoms with E-state index in [-0.39, 0.29) is 11.3 Å². The molecule has 0 radical (unpaired) electrons. The van der Waals surface area contributed by atoms with Crippen molar-refractivity contribution in [2.75, 3.05) is 7.11 Å². The molecular weight excluding hydrogens is 318 g/mol. The summed E-state index contributed by atoms with van der Waals surface area (Å²) in [5.41, 5.74) is 0.689. The van der Waals surface area contributed by atoms with Gasteiger partial charge in [0.25, 0.3) is 0 Å². The van der Waals surface area contributed by atoms with E-state index in [9.17, 15) is 18.3 Å². The van der Waals surface area contributed by atoms with E-state index in [1.807, 2.05) is 0 Å². The number of methoxy groups -OCH3 is 1. The van der Waals surface area contributed by atoms with Crippen LogP contribution in [-0.2, 0) is 21.2 Å². The summed E-state index contributed by atoms with van der Waals surface area (Å²) in [6.07, 6.45) is 0.0331. The predicted molar refractivity (Wildman–Crippen MR) is 84.9 cm³/mol. The standard InChI is InChI=1S/C16H17NO5S/c1-22-13-9-7-12(8-10-13)11-15(16(18)19)17-23(20,21)14-5-3-2-4-6-14/h2-10,15,17H,11H2,1H3,(H,18,19)/t15-/m0/s1. The molecule has 6 nitrogen and oxygen atoms in total. The Morgan fingerprint density at radius 2 is 1.74 bits per heavy atom. The van der Waals surface area contributed by atoms with Crippen molar-refractivity contribution in [3.8, 4) is 5.75 Å². The molecule has 2 aromatic carbocycles. The highest BCUT2D eigenvalue weighted by Gasteiger charge is 2.25. The topological polar surface area (TPSA) is 92.7 Å². The van der Waals surface area contributed by atoms with Gasteiger partial charge in [0.1, 0.15) is 11.8 Å². The maximum absolute atomic E-state index is 12.2. The summed E-state index contributed by atoms with van der Waals surface area (Å²) in [5, 5.41) is 9.29. The summed E-state index contributed by atoms with van der Waals surface area (Å²) in [6, 6.07) is 13.2. The van der Waals surface area contributed by atoms with Gasteiger partial charge in [0.15, 0.2) is 0 Å². The summed E-state index contributed by atoms with van der Waals surface area (Å²) in [7, 11) is -2.36. The molecule has 0 saturated heterocycles. The number of aliphatic carboxylic acids is 1. The van der Waals surface area contributed by atoms with Crippen LogP contribution in [-0.4, -0.2) is 32.6 Å². The lowest BCUT2D eigenvalue weighted by atomic mass is 10.1. The minimum absolute atomic E-state index is 0.0287. The van der Waals surface area contributed by atoms with Crippen LogP contribution in [0.5, 0.6) is 5.75 Å². The average molecular weight is 335 g/mol. The third-order valence-corrected chi connectivity index (χ3v) is 4.74. The fraction of sp³-hybridized carbons (Fsp3) is 0.188. The second-order valence-electron chi connectivity index (χ2n) is 4.88. The van der Waals surface area contributed by atoms with Gasteiger partial charge in [-0.25, -0.2) is 8.42 Å². The van der Waals surface area contributed by atoms with E-state index in [0.717, 1.165) is 0 Å². The molecule has 0 spiro atoms. The zero-order valence-corrected chi connectivity index (χ0v) is 13.3. The number of ether oxygens (including phenoxy) is 1. The Bertz CT molecular complexity index is 757. The van der Waals surface area contributed by atoms with E-state index in [4.69, 9.17) is 4.74 Å². The van der Waals surface area contributed by atoms with Crippen molar-refractivity contribution < 1.29 is 23.1 Å². The number of nitrogens with one attached hydrogen (secondary N) is 1. The number of carboxylic acids is 1. The molecule has 0 bridgehead atoms. The molecule has 0 fully saturated rings. The molecule has 0 saturated carbocycles. The Morgan fingerprint density at radius 1 is 1.13 bits per heavy atom. The zero-order chi connectivity index (χ0) is 16.9. The normalized spacial score (nSPS) is 12.6. The molecule has 0 aliphatic heterocycles. The van der Waals surface area contributed by atoms with E-state index < -0.39 is 22.0 Å². The Kier molecular flexibility index (Phi) is 5.36. The van der Waals surface area contributed by atoms with Gasteiger partial charge < -0.3 is 9.84 Å². The number of carbonyl (C=O) groups is 1. The smallest absolute Gasteiger partial charge is 0.322 e. The fourth-order valence-corrected chi connectivity index (χ4v) is 3.24. The molecule has 0 heterocycles. The van der Waals surface area contributed by atoms with Crippen LogP contribution in [0.1, 0.15) is 5.56 Å². The van der Waals surface area contributed by atoms with E-state index in [1.54, 1.807) is 42.5 Å². The number of hydrogen-bond donors (Lipinski definition) is 2. The van der Waals surface area contributed by atoms with Crippen LogP contribution in [0.2, 0.25) is 0 Å². The lowest BCUT2D eigenvalue weighted by Crippen LogP contribution is -2.42. The first-order valence-electron chi connectivity index (χ1n) is 6.85. The Balaban J connectivity index is 2.17. The highest BCUT2D eigenvalue weighted by molar-refractivity contribution is 7.89. The van der Waals surface area contributed by atoms with Gasteiger partial charge in [-0.2, -0.15) is 4.72 Å². The number of sulfonamides is 1. The molecule has 122 valence electrons. The van der Waals surface area contributed by atoms with Crippen molar-refractivity contribution in [3.63, 3.8) is 0 Å². The lowest BCUT2D eigenvalue weighted by molar-refractivity contribution is -0.138. The molecule has 0 unspecified atom stereocenters. The first-order chi connectivity index (χ1) is 10.9. The van der Waals surface area contributed by atoms with Crippen molar-refractivity contribution in [2.45, 2.75) is 17.4 Å². The van der Waals surface area contributed by atoms with Crippen molar-refractivity contribution >= 4 is 16.0 Å². The van der Waals surface area contributed by atoms with E-state index >= 15 is 0 Å². The van der Waals surface area contributed by atoms with Crippen LogP contribution < -0.4 is 9.46 Å². The number of benzene rings is 2. The largest absolute Gasteiger partial charge is 0.497 e. The second-order valence-corrected chi connectivity index (χ2v) is 6.59. The van der Waals surface area contributed by atoms with Crippen LogP contribution in [0.3, 0.4) is 0 Å². The van der Waals surface area contributed by atoms with Gasteiger partial charge in [-0.1, -0.05) is 30.3 Å². The minimum atomic E-state index is -3.89. The average Bonchev–Trinajstić information content (AvgIpc) is 2.55. The number of rotatable bonds is 7. The molecule has 0 aromatic heterocycles. The second kappa shape index (κ2) is 7.26. The third kappa shape index (κ3) is 4.54. The Labute approximate surface area is 134 Å². The summed E-state index contributed by atoms with van der Waals surface area (Å²) in [6.45, 7) is 0. The number of hydrogen-bond acceptors (Lipinski definition) is 4. The summed E-state index contributed by atoms with van der Waals surface area (Å²) >= 11 is 0. The molecule has 0 aliphatic carbocycles. The number of carboxylic acid groups (broad SMARTS) is 1. The van der Waals surface area contributed by atoms with Crippen molar-refractivity contribution in [3.05, 3.63) is 60.2 Å². The quantitative estimate of drug-likeness (QED) is 0.803. The molecule has 0 aliphatic rings. The molecule has 0 amide bonds. The highest BCUT2D eigenvalue weighted by atomic mass is 32.2. The van der Waals surface area contributed by atoms with Crippen LogP contribution in [0.15, 0.2) is 59.5 Å². The van der Waals surface area contributed by atoms with E-state index in [1.165, 1.54) is 19.2 Å². The van der Waals surface area contributed by atoms with Crippen LogP contribution >= 0.6 is 0 Å². The van der Waals surface area contributed by atoms with Crippen molar-refractivity contribution in [2.24, 2.45) is 0 Å². The van der Waals surface area contributed by atoms with Crippen LogP contribution in [0.4, 0.5) is 0 Å². The Morgan fingerprint density at radius 3 is 2.26 bits per heavy atom. The van der Waals surface area contributed by atoms with Gasteiger partial charge in [-0.3, -0.25) is 4.79 Å². The highest BCUT2D eigenvalue weighted by Crippen LogP contribution is 2.14. The van der Waals surface area contributed by atoms with E-state index in [0.29, 0.717) is 11.3 Å². The molecular formula is C16H17NO5S. The minimum Gasteiger partial charge on any atom is -0.497 e. The zero-order valence-electron chi connectivity index (χ0n) is 12.5. The summed E-state index contributed by atoms with van der Waals surface area (Å²) < 4.78 is 31.7. The van der Waals surface area contributed by atoms with E-state index in [2.05, 4.69) is 4.72 Å². The fourth-order valence-electron chi connectivity index (χ4n) is 2.03. The molecule has 23 heavy (non-hydrogen) atoms. The molecule has 7 heteroatoms. The maximum atomic E-state index is 12.2. The molecule has 2 aromatic rings. The van der Waals surface area contributed by atoms with Gasteiger partial charge in [-0.05, 0) is 36.2 Å². The van der Waals surface area contributed by atoms with Gasteiger partial charge >= 0.3 is 5.97 Å². The van der Waals surface area contributed by atoms with Gasteiger partial charge in [0.05, 0.1) is 12.0 Å². The van der Waals surface area contributed by atoms with Crippen molar-refractivity contribution in [1.82, 2.24) is 4.72 Å².